The molecule has 0 radical (unpaired) electrons. The number of morpholine rings is 1. The predicted octanol–water partition coefficient (Wildman–Crippen LogP) is 1.13. The number of carbonyl (C=O) groups excluding carboxylic acids is 1. The molecule has 0 atom stereocenters. The van der Waals surface area contributed by atoms with Crippen LogP contribution in [0.2, 0.25) is 0 Å². The van der Waals surface area contributed by atoms with Gasteiger partial charge in [-0.15, -0.1) is 0 Å². The van der Waals surface area contributed by atoms with E-state index in [-0.39, 0.29) is 5.91 Å². The number of nitrogens with one attached hydrogen (secondary N) is 1. The average Bonchev–Trinajstić information content (AvgIpc) is 3.02. The fourth-order valence-corrected chi connectivity index (χ4v) is 3.20. The summed E-state index contributed by atoms with van der Waals surface area (Å²) < 4.78 is 7.52. The van der Waals surface area contributed by atoms with Crippen molar-refractivity contribution in [1.29, 1.82) is 0 Å². The molecule has 0 saturated carbocycles. The van der Waals surface area contributed by atoms with Crippen LogP contribution >= 0.6 is 0 Å². The van der Waals surface area contributed by atoms with Gasteiger partial charge in [-0.3, -0.25) is 4.79 Å². The minimum atomic E-state index is 0.0166. The smallest absolute Gasteiger partial charge is 0.274 e. The third-order valence-corrected chi connectivity index (χ3v) is 4.41. The van der Waals surface area contributed by atoms with Gasteiger partial charge in [0.05, 0.1) is 18.9 Å². The van der Waals surface area contributed by atoms with Crippen LogP contribution in [0.1, 0.15) is 16.2 Å². The van der Waals surface area contributed by atoms with E-state index in [1.807, 2.05) is 35.2 Å². The highest BCUT2D eigenvalue weighted by molar-refractivity contribution is 5.94. The Morgan fingerprint density at radius 3 is 2.70 bits per heavy atom. The first-order valence-electron chi connectivity index (χ1n) is 8.07. The summed E-state index contributed by atoms with van der Waals surface area (Å²) in [7, 11) is 0. The molecule has 1 N–H and O–H groups in total. The van der Waals surface area contributed by atoms with Crippen LogP contribution in [-0.4, -0.2) is 53.2 Å². The molecular formula is C17H20N4O2. The third kappa shape index (κ3) is 2.64. The van der Waals surface area contributed by atoms with E-state index in [2.05, 4.69) is 9.88 Å². The summed E-state index contributed by atoms with van der Waals surface area (Å²) in [5.41, 5.74) is 2.63. The Hall–Kier alpha value is -2.18. The highest BCUT2D eigenvalue weighted by Crippen LogP contribution is 2.25. The number of hydrogen-bond acceptors (Lipinski definition) is 4. The standard InChI is InChI=1S/C17H20N4O2/c22-17(20-8-10-23-11-9-20)15-14-12-18-6-7-21(14)16(19-15)13-4-2-1-3-5-13/h1-5,18H,6-12H2. The molecular weight excluding hydrogens is 292 g/mol. The second-order valence-electron chi connectivity index (χ2n) is 5.83. The molecule has 2 aromatic rings. The molecule has 0 spiro atoms. The molecule has 1 fully saturated rings. The first-order chi connectivity index (χ1) is 11.3. The van der Waals surface area contributed by atoms with Crippen LogP contribution in [-0.2, 0) is 17.8 Å². The lowest BCUT2D eigenvalue weighted by Gasteiger charge is -2.27. The van der Waals surface area contributed by atoms with Crippen molar-refractivity contribution in [1.82, 2.24) is 19.8 Å². The largest absolute Gasteiger partial charge is 0.378 e. The van der Waals surface area contributed by atoms with E-state index in [0.29, 0.717) is 38.5 Å². The first-order valence-corrected chi connectivity index (χ1v) is 8.07. The summed E-state index contributed by atoms with van der Waals surface area (Å²) in [5.74, 6) is 0.904. The molecule has 1 amide bonds. The first kappa shape index (κ1) is 14.4. The second-order valence-corrected chi connectivity index (χ2v) is 5.83. The topological polar surface area (TPSA) is 59.4 Å². The van der Waals surface area contributed by atoms with Crippen LogP contribution < -0.4 is 5.32 Å². The Balaban J connectivity index is 1.75. The molecule has 1 aromatic heterocycles. The minimum absolute atomic E-state index is 0.0166. The van der Waals surface area contributed by atoms with Gasteiger partial charge >= 0.3 is 0 Å². The van der Waals surface area contributed by atoms with Crippen LogP contribution in [0.5, 0.6) is 0 Å². The molecule has 6 nitrogen and oxygen atoms in total. The van der Waals surface area contributed by atoms with Gasteiger partial charge < -0.3 is 19.5 Å². The van der Waals surface area contributed by atoms with Crippen molar-refractivity contribution in [2.45, 2.75) is 13.1 Å². The Morgan fingerprint density at radius 2 is 1.91 bits per heavy atom. The zero-order chi connectivity index (χ0) is 15.6. The minimum Gasteiger partial charge on any atom is -0.378 e. The number of amides is 1. The van der Waals surface area contributed by atoms with E-state index in [9.17, 15) is 4.79 Å². The van der Waals surface area contributed by atoms with E-state index in [1.54, 1.807) is 0 Å². The SMILES string of the molecule is O=C(c1nc(-c2ccccc2)n2c1CNCC2)N1CCOCC1. The number of imidazole rings is 1. The predicted molar refractivity (Wildman–Crippen MR) is 86.1 cm³/mol. The number of ether oxygens (including phenoxy) is 1. The van der Waals surface area contributed by atoms with Crippen molar-refractivity contribution in [2.24, 2.45) is 0 Å². The van der Waals surface area contributed by atoms with Crippen LogP contribution in [0.15, 0.2) is 30.3 Å². The second kappa shape index (κ2) is 6.14. The van der Waals surface area contributed by atoms with Gasteiger partial charge in [-0.25, -0.2) is 4.98 Å². The lowest BCUT2D eigenvalue weighted by Crippen LogP contribution is -2.41. The zero-order valence-electron chi connectivity index (χ0n) is 13.0. The zero-order valence-corrected chi connectivity index (χ0v) is 13.0. The van der Waals surface area contributed by atoms with Crippen molar-refractivity contribution in [3.63, 3.8) is 0 Å². The Bertz CT molecular complexity index is 705. The monoisotopic (exact) mass is 312 g/mol. The molecule has 2 aliphatic rings. The van der Waals surface area contributed by atoms with Gasteiger partial charge in [0.1, 0.15) is 5.82 Å². The Morgan fingerprint density at radius 1 is 1.13 bits per heavy atom. The molecule has 0 bridgehead atoms. The summed E-state index contributed by atoms with van der Waals surface area (Å²) >= 11 is 0. The van der Waals surface area contributed by atoms with Crippen molar-refractivity contribution in [2.75, 3.05) is 32.8 Å². The summed E-state index contributed by atoms with van der Waals surface area (Å²) in [4.78, 5) is 19.5. The fourth-order valence-electron chi connectivity index (χ4n) is 3.20. The summed E-state index contributed by atoms with van der Waals surface area (Å²) in [6.07, 6.45) is 0. The van der Waals surface area contributed by atoms with Crippen LogP contribution in [0.25, 0.3) is 11.4 Å². The lowest BCUT2D eigenvalue weighted by atomic mass is 10.2. The fraction of sp³-hybridized carbons (Fsp3) is 0.412. The van der Waals surface area contributed by atoms with Gasteiger partial charge in [-0.2, -0.15) is 0 Å². The van der Waals surface area contributed by atoms with Gasteiger partial charge in [-0.05, 0) is 0 Å². The van der Waals surface area contributed by atoms with Gasteiger partial charge in [0.25, 0.3) is 5.91 Å². The molecule has 120 valence electrons. The van der Waals surface area contributed by atoms with E-state index in [4.69, 9.17) is 9.72 Å². The average molecular weight is 312 g/mol. The van der Waals surface area contributed by atoms with Crippen molar-refractivity contribution in [3.8, 4) is 11.4 Å². The number of rotatable bonds is 2. The highest BCUT2D eigenvalue weighted by Gasteiger charge is 2.28. The van der Waals surface area contributed by atoms with Crippen LogP contribution in [0, 0.1) is 0 Å². The number of fused-ring (bicyclic) bond motifs is 1. The molecule has 1 saturated heterocycles. The van der Waals surface area contributed by atoms with E-state index >= 15 is 0 Å². The van der Waals surface area contributed by atoms with Gasteiger partial charge in [0.15, 0.2) is 5.69 Å². The summed E-state index contributed by atoms with van der Waals surface area (Å²) in [5, 5.41) is 3.35. The lowest BCUT2D eigenvalue weighted by molar-refractivity contribution is 0.0298. The number of carbonyl (C=O) groups is 1. The van der Waals surface area contributed by atoms with Crippen LogP contribution in [0.4, 0.5) is 0 Å². The summed E-state index contributed by atoms with van der Waals surface area (Å²) in [6.45, 7) is 4.90. The van der Waals surface area contributed by atoms with Crippen molar-refractivity contribution in [3.05, 3.63) is 41.7 Å². The number of aromatic nitrogens is 2. The van der Waals surface area contributed by atoms with E-state index in [0.717, 1.165) is 30.2 Å². The molecule has 0 aliphatic carbocycles. The molecule has 3 heterocycles. The number of benzene rings is 1. The third-order valence-electron chi connectivity index (χ3n) is 4.41. The molecule has 6 heteroatoms. The molecule has 1 aromatic carbocycles. The maximum absolute atomic E-state index is 12.9. The molecule has 4 rings (SSSR count). The molecule has 2 aliphatic heterocycles. The maximum atomic E-state index is 12.9. The maximum Gasteiger partial charge on any atom is 0.274 e. The van der Waals surface area contributed by atoms with Crippen molar-refractivity contribution < 1.29 is 9.53 Å². The van der Waals surface area contributed by atoms with Crippen LogP contribution in [0.3, 0.4) is 0 Å². The number of nitrogens with zero attached hydrogens (tertiary/aromatic N) is 3. The summed E-state index contributed by atoms with van der Waals surface area (Å²) in [6, 6.07) is 10.1. The Labute approximate surface area is 135 Å². The van der Waals surface area contributed by atoms with Gasteiger partial charge in [-0.1, -0.05) is 30.3 Å². The van der Waals surface area contributed by atoms with Crippen molar-refractivity contribution >= 4 is 5.91 Å². The normalized spacial score (nSPS) is 17.8. The van der Waals surface area contributed by atoms with E-state index < -0.39 is 0 Å². The quantitative estimate of drug-likeness (QED) is 0.903. The molecule has 23 heavy (non-hydrogen) atoms. The highest BCUT2D eigenvalue weighted by atomic mass is 16.5. The van der Waals surface area contributed by atoms with E-state index in [1.165, 1.54) is 0 Å². The van der Waals surface area contributed by atoms with Gasteiger partial charge in [0, 0.05) is 38.3 Å². The van der Waals surface area contributed by atoms with Gasteiger partial charge in [0.2, 0.25) is 0 Å². The Kier molecular flexibility index (Phi) is 3.85. The molecule has 0 unspecified atom stereocenters. The number of hydrogen-bond donors (Lipinski definition) is 1.